The first-order valence-electron chi connectivity index (χ1n) is 4.41. The van der Waals surface area contributed by atoms with Gasteiger partial charge in [0.1, 0.15) is 5.82 Å². The highest BCUT2D eigenvalue weighted by Crippen LogP contribution is 2.13. The minimum atomic E-state index is -0.199. The van der Waals surface area contributed by atoms with E-state index in [0.717, 1.165) is 5.56 Å². The molecule has 0 aliphatic carbocycles. The zero-order chi connectivity index (χ0) is 11.3. The lowest BCUT2D eigenvalue weighted by atomic mass is 10.1. The molecule has 0 atom stereocenters. The smallest absolute Gasteiger partial charge is 0.129 e. The average molecular weight is 203 g/mol. The highest BCUT2D eigenvalue weighted by Gasteiger charge is 2.01. The van der Waals surface area contributed by atoms with Crippen LogP contribution < -0.4 is 0 Å². The maximum Gasteiger partial charge on any atom is 0.129 e. The fourth-order valence-corrected chi connectivity index (χ4v) is 1.23. The molecule has 1 aromatic carbocycles. The maximum absolute atomic E-state index is 13.2. The van der Waals surface area contributed by atoms with E-state index in [-0.39, 0.29) is 12.4 Å². The van der Waals surface area contributed by atoms with Crippen molar-refractivity contribution < 1.29 is 4.39 Å². The second-order valence-electron chi connectivity index (χ2n) is 3.11. The highest BCUT2D eigenvalue weighted by molar-refractivity contribution is 5.40. The molecular formula is C11H10FN3. The molecule has 4 heteroatoms. The molecule has 15 heavy (non-hydrogen) atoms. The van der Waals surface area contributed by atoms with Gasteiger partial charge in [0.15, 0.2) is 0 Å². The third kappa shape index (κ3) is 3.01. The Kier molecular flexibility index (Phi) is 3.73. The van der Waals surface area contributed by atoms with Crippen LogP contribution in [0.1, 0.15) is 16.7 Å². The Morgan fingerprint density at radius 1 is 1.40 bits per heavy atom. The van der Waals surface area contributed by atoms with Crippen LogP contribution in [0.3, 0.4) is 0 Å². The summed E-state index contributed by atoms with van der Waals surface area (Å²) in [6.07, 6.45) is 0. The van der Waals surface area contributed by atoms with Crippen molar-refractivity contribution in [3.8, 4) is 11.8 Å². The lowest BCUT2D eigenvalue weighted by Crippen LogP contribution is -1.89. The summed E-state index contributed by atoms with van der Waals surface area (Å²) in [5, 5.41) is 3.28. The van der Waals surface area contributed by atoms with Crippen LogP contribution in [0, 0.1) is 31.5 Å². The zero-order valence-electron chi connectivity index (χ0n) is 8.58. The fourth-order valence-electron chi connectivity index (χ4n) is 1.23. The predicted molar refractivity (Wildman–Crippen MR) is 56.8 cm³/mol. The molecule has 1 rings (SSSR count). The van der Waals surface area contributed by atoms with Crippen LogP contribution in [-0.4, -0.2) is 6.54 Å². The number of rotatable bonds is 1. The van der Waals surface area contributed by atoms with Crippen molar-refractivity contribution in [2.24, 2.45) is 5.11 Å². The largest absolute Gasteiger partial charge is 0.206 e. The van der Waals surface area contributed by atoms with Gasteiger partial charge in [0.2, 0.25) is 0 Å². The molecule has 0 fully saturated rings. The standard InChI is InChI=1S/C11H10FN3/c1-8-6-10(4-3-5-14-15-13)7-9(2)11(8)12/h6-7H,5H2,1-2H3. The molecule has 0 unspecified atom stereocenters. The molecule has 0 aliphatic heterocycles. The summed E-state index contributed by atoms with van der Waals surface area (Å²) in [6, 6.07) is 3.34. The number of nitrogens with zero attached hydrogens (tertiary/aromatic N) is 3. The minimum Gasteiger partial charge on any atom is -0.206 e. The second-order valence-corrected chi connectivity index (χ2v) is 3.11. The number of azide groups is 1. The minimum absolute atomic E-state index is 0.131. The molecule has 0 saturated carbocycles. The SMILES string of the molecule is Cc1cc(C#CCN=[N+]=[N-])cc(C)c1F. The van der Waals surface area contributed by atoms with Crippen molar-refractivity contribution in [2.75, 3.05) is 6.54 Å². The van der Waals surface area contributed by atoms with Crippen molar-refractivity contribution in [1.82, 2.24) is 0 Å². The van der Waals surface area contributed by atoms with Gasteiger partial charge in [-0.3, -0.25) is 0 Å². The first kappa shape index (κ1) is 11.1. The maximum atomic E-state index is 13.2. The number of aryl methyl sites for hydroxylation is 2. The van der Waals surface area contributed by atoms with Crippen molar-refractivity contribution in [3.05, 3.63) is 45.1 Å². The molecular weight excluding hydrogens is 193 g/mol. The normalized spacial score (nSPS) is 8.73. The molecule has 0 N–H and O–H groups in total. The monoisotopic (exact) mass is 203 g/mol. The predicted octanol–water partition coefficient (Wildman–Crippen LogP) is 3.10. The zero-order valence-corrected chi connectivity index (χ0v) is 8.58. The van der Waals surface area contributed by atoms with E-state index in [4.69, 9.17) is 5.53 Å². The van der Waals surface area contributed by atoms with Gasteiger partial charge < -0.3 is 0 Å². The molecule has 0 bridgehead atoms. The van der Waals surface area contributed by atoms with Crippen molar-refractivity contribution >= 4 is 0 Å². The number of benzene rings is 1. The van der Waals surface area contributed by atoms with Crippen molar-refractivity contribution in [3.63, 3.8) is 0 Å². The Hall–Kier alpha value is -1.98. The summed E-state index contributed by atoms with van der Waals surface area (Å²) in [5.74, 6) is 5.29. The molecule has 0 radical (unpaired) electrons. The summed E-state index contributed by atoms with van der Waals surface area (Å²) >= 11 is 0. The molecule has 0 amide bonds. The van der Waals surface area contributed by atoms with Crippen LogP contribution in [0.5, 0.6) is 0 Å². The lowest BCUT2D eigenvalue weighted by Gasteiger charge is -2.01. The number of hydrogen-bond donors (Lipinski definition) is 0. The van der Waals surface area contributed by atoms with Crippen LogP contribution in [0.15, 0.2) is 17.2 Å². The second kappa shape index (κ2) is 5.04. The topological polar surface area (TPSA) is 48.8 Å². The molecule has 0 saturated heterocycles. The van der Waals surface area contributed by atoms with Gasteiger partial charge in [-0.15, -0.1) is 0 Å². The van der Waals surface area contributed by atoms with Gasteiger partial charge in [-0.1, -0.05) is 17.0 Å². The number of halogens is 1. The summed E-state index contributed by atoms with van der Waals surface area (Å²) in [7, 11) is 0. The van der Waals surface area contributed by atoms with Crippen molar-refractivity contribution in [1.29, 1.82) is 0 Å². The van der Waals surface area contributed by atoms with E-state index in [9.17, 15) is 4.39 Å². The van der Waals surface area contributed by atoms with Gasteiger partial charge in [0, 0.05) is 10.5 Å². The van der Waals surface area contributed by atoms with Gasteiger partial charge in [-0.2, -0.15) is 0 Å². The summed E-state index contributed by atoms with van der Waals surface area (Å²) in [4.78, 5) is 2.58. The Morgan fingerprint density at radius 2 is 2.00 bits per heavy atom. The third-order valence-electron chi connectivity index (χ3n) is 1.88. The number of hydrogen-bond acceptors (Lipinski definition) is 1. The molecule has 3 nitrogen and oxygen atoms in total. The van der Waals surface area contributed by atoms with E-state index < -0.39 is 0 Å². The highest BCUT2D eigenvalue weighted by atomic mass is 19.1. The quantitative estimate of drug-likeness (QED) is 0.291. The van der Waals surface area contributed by atoms with Gasteiger partial charge in [0.05, 0.1) is 6.54 Å². The molecule has 0 heterocycles. The van der Waals surface area contributed by atoms with E-state index in [0.29, 0.717) is 11.1 Å². The Labute approximate surface area is 87.6 Å². The van der Waals surface area contributed by atoms with E-state index in [1.165, 1.54) is 0 Å². The van der Waals surface area contributed by atoms with Crippen molar-refractivity contribution in [2.45, 2.75) is 13.8 Å². The first-order valence-corrected chi connectivity index (χ1v) is 4.41. The summed E-state index contributed by atoms with van der Waals surface area (Å²) < 4.78 is 13.2. The third-order valence-corrected chi connectivity index (χ3v) is 1.88. The molecule has 1 aromatic rings. The molecule has 0 aliphatic rings. The Bertz CT molecular complexity index is 453. The molecule has 0 spiro atoms. The van der Waals surface area contributed by atoms with Crippen LogP contribution in [-0.2, 0) is 0 Å². The lowest BCUT2D eigenvalue weighted by molar-refractivity contribution is 0.609. The van der Waals surface area contributed by atoms with Gasteiger partial charge in [-0.05, 0) is 42.6 Å². The molecule has 0 aromatic heterocycles. The summed E-state index contributed by atoms with van der Waals surface area (Å²) in [5.41, 5.74) is 9.91. The van der Waals surface area contributed by atoms with E-state index in [1.807, 2.05) is 0 Å². The van der Waals surface area contributed by atoms with Crippen LogP contribution in [0.4, 0.5) is 4.39 Å². The van der Waals surface area contributed by atoms with E-state index >= 15 is 0 Å². The molecule has 76 valence electrons. The average Bonchev–Trinajstić information content (AvgIpc) is 2.21. The van der Waals surface area contributed by atoms with Gasteiger partial charge in [-0.25, -0.2) is 4.39 Å². The Morgan fingerprint density at radius 3 is 2.53 bits per heavy atom. The first-order chi connectivity index (χ1) is 7.15. The van der Waals surface area contributed by atoms with E-state index in [2.05, 4.69) is 21.9 Å². The van der Waals surface area contributed by atoms with Crippen LogP contribution in [0.25, 0.3) is 10.4 Å². The van der Waals surface area contributed by atoms with Crippen LogP contribution in [0.2, 0.25) is 0 Å². The summed E-state index contributed by atoms with van der Waals surface area (Å²) in [6.45, 7) is 3.52. The van der Waals surface area contributed by atoms with Gasteiger partial charge in [0.25, 0.3) is 0 Å². The van der Waals surface area contributed by atoms with Crippen LogP contribution >= 0.6 is 0 Å². The van der Waals surface area contributed by atoms with E-state index in [1.54, 1.807) is 26.0 Å². The Balaban J connectivity index is 2.95. The fraction of sp³-hybridized carbons (Fsp3) is 0.273. The van der Waals surface area contributed by atoms with Gasteiger partial charge >= 0.3 is 0 Å².